The predicted molar refractivity (Wildman–Crippen MR) is 146 cm³/mol. The lowest BCUT2D eigenvalue weighted by atomic mass is 10.3. The lowest BCUT2D eigenvalue weighted by Gasteiger charge is -2.24. The van der Waals surface area contributed by atoms with E-state index in [0.29, 0.717) is 0 Å². The van der Waals surface area contributed by atoms with E-state index in [1.54, 1.807) is 0 Å². The molecule has 166 valence electrons. The molecule has 0 aliphatic carbocycles. The Bertz CT molecular complexity index is 1110. The normalized spacial score (nSPS) is 10.9. The Balaban J connectivity index is 1.51. The van der Waals surface area contributed by atoms with Crippen LogP contribution in [0.4, 0.5) is 0 Å². The van der Waals surface area contributed by atoms with Gasteiger partial charge in [-0.15, -0.1) is 0 Å². The van der Waals surface area contributed by atoms with Crippen LogP contribution >= 0.6 is 16.3 Å². The van der Waals surface area contributed by atoms with E-state index in [9.17, 15) is 0 Å². The van der Waals surface area contributed by atoms with Crippen molar-refractivity contribution in [2.75, 3.05) is 0 Å². The van der Waals surface area contributed by atoms with Gasteiger partial charge in [-0.3, -0.25) is 0 Å². The standard InChI is InChI=1S/C30H24O2P2/c1-5-15-25(16-6-1)33(26-17-7-2-8-18-26)31-29-23-13-14-24-30(29)32-34(27-19-9-3-10-20-27)28-21-11-4-12-22-28/h1-24H. The van der Waals surface area contributed by atoms with Crippen LogP contribution in [0.1, 0.15) is 0 Å². The van der Waals surface area contributed by atoms with Crippen LogP contribution in [0.25, 0.3) is 0 Å². The third-order valence-electron chi connectivity index (χ3n) is 5.19. The molecule has 0 unspecified atom stereocenters. The minimum Gasteiger partial charge on any atom is -0.461 e. The third-order valence-corrected chi connectivity index (χ3v) is 9.02. The summed E-state index contributed by atoms with van der Waals surface area (Å²) in [5, 5.41) is 4.64. The summed E-state index contributed by atoms with van der Waals surface area (Å²) >= 11 is 0. The Morgan fingerprint density at radius 1 is 0.294 bits per heavy atom. The van der Waals surface area contributed by atoms with Crippen molar-refractivity contribution in [3.05, 3.63) is 146 Å². The highest BCUT2D eigenvalue weighted by molar-refractivity contribution is 7.69. The molecule has 4 heteroatoms. The smallest absolute Gasteiger partial charge is 0.166 e. The molecule has 0 amide bonds. The molecule has 0 aromatic heterocycles. The van der Waals surface area contributed by atoms with Crippen molar-refractivity contribution in [3.8, 4) is 11.5 Å². The molecule has 0 radical (unpaired) electrons. The fourth-order valence-electron chi connectivity index (χ4n) is 3.56. The molecule has 5 aromatic rings. The minimum absolute atomic E-state index is 0.751. The van der Waals surface area contributed by atoms with Crippen molar-refractivity contribution in [1.29, 1.82) is 0 Å². The van der Waals surface area contributed by atoms with E-state index in [-0.39, 0.29) is 0 Å². The summed E-state index contributed by atoms with van der Waals surface area (Å²) in [6, 6.07) is 49.6. The van der Waals surface area contributed by atoms with Crippen molar-refractivity contribution < 1.29 is 9.05 Å². The molecule has 0 bridgehead atoms. The third kappa shape index (κ3) is 5.37. The lowest BCUT2D eigenvalue weighted by molar-refractivity contribution is 0.554. The van der Waals surface area contributed by atoms with Crippen molar-refractivity contribution >= 4 is 37.5 Å². The molecule has 0 N–H and O–H groups in total. The topological polar surface area (TPSA) is 18.5 Å². The van der Waals surface area contributed by atoms with Crippen LogP contribution in [0.2, 0.25) is 0 Å². The molecule has 0 saturated carbocycles. The quantitative estimate of drug-likeness (QED) is 0.236. The Labute approximate surface area is 203 Å². The summed E-state index contributed by atoms with van der Waals surface area (Å²) in [5.74, 6) is 1.50. The monoisotopic (exact) mass is 478 g/mol. The van der Waals surface area contributed by atoms with Crippen LogP contribution in [0, 0.1) is 0 Å². The van der Waals surface area contributed by atoms with Crippen LogP contribution in [0.5, 0.6) is 11.5 Å². The van der Waals surface area contributed by atoms with Crippen molar-refractivity contribution in [3.63, 3.8) is 0 Å². The van der Waals surface area contributed by atoms with Crippen molar-refractivity contribution in [2.45, 2.75) is 0 Å². The molecular formula is C30H24O2P2. The molecule has 0 atom stereocenters. The second-order valence-corrected chi connectivity index (χ2v) is 11.2. The van der Waals surface area contributed by atoms with Gasteiger partial charge >= 0.3 is 0 Å². The molecular weight excluding hydrogens is 454 g/mol. The molecule has 0 aliphatic rings. The van der Waals surface area contributed by atoms with Gasteiger partial charge in [0.05, 0.1) is 0 Å². The highest BCUT2D eigenvalue weighted by Gasteiger charge is 2.22. The second kappa shape index (κ2) is 11.1. The summed E-state index contributed by atoms with van der Waals surface area (Å²) in [4.78, 5) is 0. The van der Waals surface area contributed by atoms with Gasteiger partial charge in [-0.1, -0.05) is 133 Å². The lowest BCUT2D eigenvalue weighted by Crippen LogP contribution is -2.17. The zero-order valence-corrected chi connectivity index (χ0v) is 20.4. The molecule has 0 heterocycles. The largest absolute Gasteiger partial charge is 0.461 e. The summed E-state index contributed by atoms with van der Waals surface area (Å²) in [7, 11) is -2.10. The number of hydrogen-bond donors (Lipinski definition) is 0. The first kappa shape index (κ1) is 22.4. The van der Waals surface area contributed by atoms with Gasteiger partial charge in [0.25, 0.3) is 0 Å². The Kier molecular flexibility index (Phi) is 7.31. The first-order chi connectivity index (χ1) is 16.9. The summed E-state index contributed by atoms with van der Waals surface area (Å²) in [5.41, 5.74) is 0. The molecule has 0 spiro atoms. The van der Waals surface area contributed by atoms with E-state index in [1.165, 1.54) is 0 Å². The van der Waals surface area contributed by atoms with Crippen LogP contribution in [-0.4, -0.2) is 0 Å². The van der Waals surface area contributed by atoms with E-state index >= 15 is 0 Å². The summed E-state index contributed by atoms with van der Waals surface area (Å²) in [6.07, 6.45) is 0. The highest BCUT2D eigenvalue weighted by Crippen LogP contribution is 2.45. The number of hydrogen-bond acceptors (Lipinski definition) is 2. The number of benzene rings is 5. The maximum Gasteiger partial charge on any atom is 0.166 e. The van der Waals surface area contributed by atoms with E-state index in [2.05, 4.69) is 97.1 Å². The number of rotatable bonds is 8. The molecule has 5 aromatic carbocycles. The molecule has 0 saturated heterocycles. The SMILES string of the molecule is c1ccc(P(Oc2ccccc2OP(c2ccccc2)c2ccccc2)c2ccccc2)cc1. The van der Waals surface area contributed by atoms with Gasteiger partial charge in [0, 0.05) is 21.2 Å². The van der Waals surface area contributed by atoms with Gasteiger partial charge in [0.15, 0.2) is 27.8 Å². The van der Waals surface area contributed by atoms with E-state index in [4.69, 9.17) is 9.05 Å². The molecule has 34 heavy (non-hydrogen) atoms. The Morgan fingerprint density at radius 2 is 0.529 bits per heavy atom. The Morgan fingerprint density at radius 3 is 0.794 bits per heavy atom. The van der Waals surface area contributed by atoms with Crippen LogP contribution in [0.3, 0.4) is 0 Å². The molecule has 5 rings (SSSR count). The van der Waals surface area contributed by atoms with Gasteiger partial charge in [-0.2, -0.15) is 0 Å². The predicted octanol–water partition coefficient (Wildman–Crippen LogP) is 6.54. The highest BCUT2D eigenvalue weighted by atomic mass is 31.1. The van der Waals surface area contributed by atoms with Crippen molar-refractivity contribution in [2.24, 2.45) is 0 Å². The van der Waals surface area contributed by atoms with Crippen LogP contribution in [0.15, 0.2) is 146 Å². The average Bonchev–Trinajstić information content (AvgIpc) is 2.93. The van der Waals surface area contributed by atoms with Gasteiger partial charge in [0.1, 0.15) is 0 Å². The molecule has 2 nitrogen and oxygen atoms in total. The van der Waals surface area contributed by atoms with Gasteiger partial charge < -0.3 is 9.05 Å². The maximum atomic E-state index is 6.74. The molecule has 0 fully saturated rings. The van der Waals surface area contributed by atoms with Gasteiger partial charge in [-0.05, 0) is 12.1 Å². The summed E-state index contributed by atoms with van der Waals surface area (Å²) < 4.78 is 13.5. The first-order valence-electron chi connectivity index (χ1n) is 11.1. The van der Waals surface area contributed by atoms with Crippen LogP contribution < -0.4 is 30.3 Å². The van der Waals surface area contributed by atoms with Crippen LogP contribution in [-0.2, 0) is 0 Å². The van der Waals surface area contributed by atoms with Gasteiger partial charge in [-0.25, -0.2) is 0 Å². The minimum atomic E-state index is -1.05. The summed E-state index contributed by atoms with van der Waals surface area (Å²) in [6.45, 7) is 0. The Hall–Kier alpha value is -3.44. The van der Waals surface area contributed by atoms with E-state index in [1.807, 2.05) is 48.5 Å². The fraction of sp³-hybridized carbons (Fsp3) is 0. The second-order valence-electron chi connectivity index (χ2n) is 7.56. The van der Waals surface area contributed by atoms with E-state index < -0.39 is 16.3 Å². The maximum absolute atomic E-state index is 6.74. The molecule has 0 aliphatic heterocycles. The average molecular weight is 478 g/mol. The van der Waals surface area contributed by atoms with Gasteiger partial charge in [0.2, 0.25) is 0 Å². The van der Waals surface area contributed by atoms with E-state index in [0.717, 1.165) is 32.7 Å². The first-order valence-corrected chi connectivity index (χ1v) is 13.7. The zero-order chi connectivity index (χ0) is 23.0. The fourth-order valence-corrected chi connectivity index (χ4v) is 7.04. The van der Waals surface area contributed by atoms with Crippen molar-refractivity contribution in [1.82, 2.24) is 0 Å². The number of para-hydroxylation sites is 2. The zero-order valence-electron chi connectivity index (χ0n) is 18.6.